The number of rotatable bonds is 4. The molecule has 1 amide bonds. The highest BCUT2D eigenvalue weighted by Crippen LogP contribution is 2.19. The second kappa shape index (κ2) is 9.73. The van der Waals surface area contributed by atoms with Gasteiger partial charge in [0.2, 0.25) is 5.91 Å². The van der Waals surface area contributed by atoms with E-state index in [1.807, 2.05) is 53.6 Å². The minimum absolute atomic E-state index is 0.0975. The van der Waals surface area contributed by atoms with E-state index in [0.717, 1.165) is 7.40 Å². The average Bonchev–Trinajstić information content (AvgIpc) is 3.31. The van der Waals surface area contributed by atoms with Crippen molar-refractivity contribution in [1.82, 2.24) is 24.5 Å². The van der Waals surface area contributed by atoms with Gasteiger partial charge in [-0.2, -0.15) is 10.2 Å². The van der Waals surface area contributed by atoms with E-state index in [0.29, 0.717) is 26.3 Å². The summed E-state index contributed by atoms with van der Waals surface area (Å²) >= 11 is 4.18. The Kier molecular flexibility index (Phi) is 8.07. The molecule has 0 saturated carbocycles. The van der Waals surface area contributed by atoms with Crippen LogP contribution < -0.4 is 0 Å². The zero-order chi connectivity index (χ0) is 21.8. The highest BCUT2D eigenvalue weighted by molar-refractivity contribution is 14.1. The number of carbonyl (C=O) groups excluding carboxylic acids is 1. The highest BCUT2D eigenvalue weighted by Gasteiger charge is 2.35. The van der Waals surface area contributed by atoms with Gasteiger partial charge >= 0.3 is 5.97 Å². The second-order valence-corrected chi connectivity index (χ2v) is 9.70. The third-order valence-electron chi connectivity index (χ3n) is 4.60. The quantitative estimate of drug-likeness (QED) is 0.522. The van der Waals surface area contributed by atoms with Gasteiger partial charge in [-0.15, -0.1) is 0 Å². The third-order valence-corrected chi connectivity index (χ3v) is 5.75. The van der Waals surface area contributed by atoms with Crippen LogP contribution in [-0.4, -0.2) is 67.7 Å². The minimum Gasteiger partial charge on any atom is -0.479 e. The molecule has 0 aromatic carbocycles. The van der Waals surface area contributed by atoms with E-state index >= 15 is 0 Å². The summed E-state index contributed by atoms with van der Waals surface area (Å²) in [4.78, 5) is 25.0. The number of carbonyl (C=O) groups is 2. The molecular formula is C18H25I2N5O4. The van der Waals surface area contributed by atoms with Gasteiger partial charge in [-0.1, -0.05) is 0 Å². The molecule has 1 aliphatic rings. The summed E-state index contributed by atoms with van der Waals surface area (Å²) in [5, 5.41) is 17.2. The molecule has 0 radical (unpaired) electrons. The first-order chi connectivity index (χ1) is 13.5. The normalized spacial score (nSPS) is 14.9. The lowest BCUT2D eigenvalue weighted by atomic mass is 10.0. The zero-order valence-electron chi connectivity index (χ0n) is 16.8. The Labute approximate surface area is 197 Å². The summed E-state index contributed by atoms with van der Waals surface area (Å²) in [5.74, 6) is -0.790. The van der Waals surface area contributed by atoms with E-state index in [4.69, 9.17) is 9.84 Å². The van der Waals surface area contributed by atoms with E-state index in [2.05, 4.69) is 32.8 Å². The maximum absolute atomic E-state index is 12.4. The van der Waals surface area contributed by atoms with Crippen LogP contribution in [0.1, 0.15) is 27.7 Å². The van der Waals surface area contributed by atoms with E-state index < -0.39 is 17.0 Å². The van der Waals surface area contributed by atoms with Crippen molar-refractivity contribution in [2.45, 2.75) is 38.8 Å². The fraction of sp³-hybridized carbons (Fsp3) is 0.556. The van der Waals surface area contributed by atoms with Crippen molar-refractivity contribution in [3.8, 4) is 0 Å². The summed E-state index contributed by atoms with van der Waals surface area (Å²) in [5.41, 5.74) is -1.61. The molecule has 9 nitrogen and oxygen atoms in total. The number of hydrogen-bond donors (Lipinski definition) is 1. The first-order valence-corrected chi connectivity index (χ1v) is 11.2. The number of carboxylic acids is 1. The lowest BCUT2D eigenvalue weighted by Gasteiger charge is -2.34. The van der Waals surface area contributed by atoms with Gasteiger partial charge in [-0.05, 0) is 85.0 Å². The number of amides is 1. The van der Waals surface area contributed by atoms with E-state index in [1.54, 1.807) is 30.8 Å². The van der Waals surface area contributed by atoms with E-state index in [-0.39, 0.29) is 5.91 Å². The van der Waals surface area contributed by atoms with Crippen molar-refractivity contribution >= 4 is 57.1 Å². The molecule has 0 atom stereocenters. The number of nitrogens with zero attached hydrogens (tertiary/aromatic N) is 5. The van der Waals surface area contributed by atoms with Gasteiger partial charge in [-0.3, -0.25) is 14.2 Å². The zero-order valence-corrected chi connectivity index (χ0v) is 21.1. The summed E-state index contributed by atoms with van der Waals surface area (Å²) < 4.78 is 10.1. The van der Waals surface area contributed by atoms with Crippen molar-refractivity contribution < 1.29 is 19.4 Å². The first kappa shape index (κ1) is 24.1. The van der Waals surface area contributed by atoms with Crippen molar-refractivity contribution in [2.24, 2.45) is 0 Å². The summed E-state index contributed by atoms with van der Waals surface area (Å²) in [7, 11) is 0. The largest absolute Gasteiger partial charge is 0.479 e. The Bertz CT molecular complexity index is 856. The maximum Gasteiger partial charge on any atom is 0.331 e. The summed E-state index contributed by atoms with van der Waals surface area (Å²) in [6, 6.07) is 3.67. The molecule has 0 spiro atoms. The van der Waals surface area contributed by atoms with Crippen LogP contribution in [0.3, 0.4) is 0 Å². The van der Waals surface area contributed by atoms with Gasteiger partial charge in [0.15, 0.2) is 5.54 Å². The van der Waals surface area contributed by atoms with Gasteiger partial charge in [0.1, 0.15) is 12.9 Å². The molecule has 1 fully saturated rings. The Hall–Kier alpha value is -1.22. The standard InChI is InChI=1S/C11H16IN3O2.C7H9IN2O2/c1-11(2,15-4-3-9(12)13-15)10(16)14-5-7-17-8-6-14;1-7(2,6(11)12)10-4-3-5(8)9-10/h3-4H,5-8H2,1-2H3;3-4H,1-2H3,(H,11,12). The van der Waals surface area contributed by atoms with E-state index in [9.17, 15) is 9.59 Å². The van der Waals surface area contributed by atoms with Gasteiger partial charge in [0.25, 0.3) is 0 Å². The number of ether oxygens (including phenoxy) is 1. The minimum atomic E-state index is -0.969. The predicted octanol–water partition coefficient (Wildman–Crippen LogP) is 2.39. The van der Waals surface area contributed by atoms with Crippen LogP contribution >= 0.6 is 45.2 Å². The molecular weight excluding hydrogens is 604 g/mol. The van der Waals surface area contributed by atoms with Crippen LogP contribution in [0.2, 0.25) is 0 Å². The molecule has 3 rings (SSSR count). The number of aliphatic carboxylic acids is 1. The maximum atomic E-state index is 12.4. The highest BCUT2D eigenvalue weighted by atomic mass is 127. The number of halogens is 2. The number of morpholine rings is 1. The summed E-state index contributed by atoms with van der Waals surface area (Å²) in [6.45, 7) is 9.59. The molecule has 2 aromatic rings. The van der Waals surface area contributed by atoms with Crippen molar-refractivity contribution in [3.63, 3.8) is 0 Å². The molecule has 160 valence electrons. The fourth-order valence-electron chi connectivity index (χ4n) is 2.58. The van der Waals surface area contributed by atoms with Gasteiger partial charge in [0, 0.05) is 25.5 Å². The van der Waals surface area contributed by atoms with Crippen LogP contribution in [0.4, 0.5) is 0 Å². The van der Waals surface area contributed by atoms with Crippen molar-refractivity contribution in [3.05, 3.63) is 31.9 Å². The van der Waals surface area contributed by atoms with E-state index in [1.165, 1.54) is 4.68 Å². The Morgan fingerprint density at radius 1 is 0.966 bits per heavy atom. The fourth-order valence-corrected chi connectivity index (χ4v) is 3.36. The molecule has 3 heterocycles. The lowest BCUT2D eigenvalue weighted by Crippen LogP contribution is -2.51. The van der Waals surface area contributed by atoms with Crippen LogP contribution in [0.5, 0.6) is 0 Å². The molecule has 0 aliphatic carbocycles. The van der Waals surface area contributed by atoms with Gasteiger partial charge < -0.3 is 14.7 Å². The Morgan fingerprint density at radius 2 is 1.41 bits per heavy atom. The Balaban J connectivity index is 0.000000221. The van der Waals surface area contributed by atoms with Gasteiger partial charge in [-0.25, -0.2) is 4.79 Å². The molecule has 29 heavy (non-hydrogen) atoms. The molecule has 1 saturated heterocycles. The van der Waals surface area contributed by atoms with Crippen molar-refractivity contribution in [2.75, 3.05) is 26.3 Å². The molecule has 1 N–H and O–H groups in total. The molecule has 1 aliphatic heterocycles. The Morgan fingerprint density at radius 3 is 1.79 bits per heavy atom. The number of hydrogen-bond acceptors (Lipinski definition) is 5. The average molecular weight is 629 g/mol. The number of aromatic nitrogens is 4. The predicted molar refractivity (Wildman–Crippen MR) is 124 cm³/mol. The monoisotopic (exact) mass is 629 g/mol. The molecule has 0 bridgehead atoms. The van der Waals surface area contributed by atoms with Crippen LogP contribution in [0, 0.1) is 7.40 Å². The van der Waals surface area contributed by atoms with Crippen molar-refractivity contribution in [1.29, 1.82) is 0 Å². The molecule has 2 aromatic heterocycles. The topological polar surface area (TPSA) is 102 Å². The summed E-state index contributed by atoms with van der Waals surface area (Å²) in [6.07, 6.45) is 3.51. The smallest absolute Gasteiger partial charge is 0.331 e. The number of carboxylic acid groups (broad SMARTS) is 1. The third kappa shape index (κ3) is 5.90. The second-order valence-electron chi connectivity index (χ2n) is 7.49. The van der Waals surface area contributed by atoms with Crippen LogP contribution in [-0.2, 0) is 25.4 Å². The van der Waals surface area contributed by atoms with Gasteiger partial charge in [0.05, 0.1) is 13.2 Å². The molecule has 0 unspecified atom stereocenters. The van der Waals surface area contributed by atoms with Crippen LogP contribution in [0.25, 0.3) is 0 Å². The molecule has 11 heteroatoms. The lowest BCUT2D eigenvalue weighted by molar-refractivity contribution is -0.146. The SMILES string of the molecule is CC(C)(C(=O)N1CCOCC1)n1ccc(I)n1.CC(C)(C(=O)O)n1ccc(I)n1. The van der Waals surface area contributed by atoms with Crippen LogP contribution in [0.15, 0.2) is 24.5 Å². The first-order valence-electron chi connectivity index (χ1n) is 9.00.